The van der Waals surface area contributed by atoms with Crippen molar-refractivity contribution in [3.8, 4) is 5.88 Å². The molecule has 1 saturated heterocycles. The molecule has 4 nitrogen and oxygen atoms in total. The number of nitrogens with zero attached hydrogens (tertiary/aromatic N) is 3. The second-order valence-corrected chi connectivity index (χ2v) is 6.52. The molecule has 0 bridgehead atoms. The van der Waals surface area contributed by atoms with Gasteiger partial charge in [0.1, 0.15) is 0 Å². The van der Waals surface area contributed by atoms with Crippen LogP contribution in [0.2, 0.25) is 0 Å². The third kappa shape index (κ3) is 2.31. The first kappa shape index (κ1) is 12.8. The van der Waals surface area contributed by atoms with Gasteiger partial charge in [-0.3, -0.25) is 4.99 Å². The molecule has 0 amide bonds. The molecule has 0 atom stereocenters. The van der Waals surface area contributed by atoms with E-state index in [1.165, 1.54) is 18.4 Å². The zero-order chi connectivity index (χ0) is 14.2. The van der Waals surface area contributed by atoms with Crippen molar-refractivity contribution in [3.05, 3.63) is 39.2 Å². The van der Waals surface area contributed by atoms with Gasteiger partial charge in [-0.2, -0.15) is 4.98 Å². The Morgan fingerprint density at radius 2 is 2.10 bits per heavy atom. The topological polar surface area (TPSA) is 48.7 Å². The molecule has 5 heteroatoms. The summed E-state index contributed by atoms with van der Waals surface area (Å²) in [6, 6.07) is 6.25. The van der Waals surface area contributed by atoms with Crippen molar-refractivity contribution in [2.75, 3.05) is 24.5 Å². The number of aromatic nitrogens is 1. The Balaban J connectivity index is 1.78. The van der Waals surface area contributed by atoms with E-state index in [0.29, 0.717) is 0 Å². The van der Waals surface area contributed by atoms with E-state index in [2.05, 4.69) is 33.1 Å². The Morgan fingerprint density at radius 1 is 1.24 bits per heavy atom. The third-order valence-corrected chi connectivity index (χ3v) is 5.14. The van der Waals surface area contributed by atoms with Gasteiger partial charge < -0.3 is 10.0 Å². The van der Waals surface area contributed by atoms with Gasteiger partial charge in [0.15, 0.2) is 5.13 Å². The highest BCUT2D eigenvalue weighted by molar-refractivity contribution is 7.16. The molecule has 4 rings (SSSR count). The van der Waals surface area contributed by atoms with Crippen LogP contribution in [0.25, 0.3) is 6.08 Å². The van der Waals surface area contributed by atoms with Crippen LogP contribution in [0.3, 0.4) is 0 Å². The van der Waals surface area contributed by atoms with Gasteiger partial charge in [-0.15, -0.1) is 0 Å². The fraction of sp³-hybridized carbons (Fsp3) is 0.375. The zero-order valence-corrected chi connectivity index (χ0v) is 12.6. The minimum atomic E-state index is 0.137. The Bertz CT molecular complexity index is 790. The number of para-hydroxylation sites is 1. The number of thiazole rings is 1. The van der Waals surface area contributed by atoms with Gasteiger partial charge >= 0.3 is 0 Å². The standard InChI is InChI=1S/C16H17N3OS/c20-15-13(21-16(18-15)19-8-1-2-9-19)10-12-5-3-4-11-6-7-17-14(11)12/h3-5,10,20H,1-2,6-9H2. The SMILES string of the molecule is Oc1nc(N2CCCC2)sc1C=c1cccc2c1=NCC2. The van der Waals surface area contributed by atoms with E-state index in [4.69, 9.17) is 0 Å². The summed E-state index contributed by atoms with van der Waals surface area (Å²) in [6.07, 6.45) is 5.46. The average molecular weight is 299 g/mol. The highest BCUT2D eigenvalue weighted by atomic mass is 32.1. The monoisotopic (exact) mass is 299 g/mol. The van der Waals surface area contributed by atoms with Crippen molar-refractivity contribution in [1.29, 1.82) is 0 Å². The van der Waals surface area contributed by atoms with Gasteiger partial charge in [0, 0.05) is 24.9 Å². The molecule has 3 heterocycles. The van der Waals surface area contributed by atoms with E-state index in [1.807, 2.05) is 6.08 Å². The van der Waals surface area contributed by atoms with E-state index in [1.54, 1.807) is 11.3 Å². The number of rotatable bonds is 2. The second-order valence-electron chi connectivity index (χ2n) is 5.51. The van der Waals surface area contributed by atoms with Crippen molar-refractivity contribution < 1.29 is 5.11 Å². The van der Waals surface area contributed by atoms with Crippen LogP contribution in [-0.4, -0.2) is 29.7 Å². The van der Waals surface area contributed by atoms with Crippen LogP contribution in [-0.2, 0) is 6.42 Å². The minimum absolute atomic E-state index is 0.137. The van der Waals surface area contributed by atoms with Crippen LogP contribution in [0.1, 0.15) is 23.3 Å². The van der Waals surface area contributed by atoms with Crippen LogP contribution in [0.5, 0.6) is 5.88 Å². The van der Waals surface area contributed by atoms with E-state index in [9.17, 15) is 5.11 Å². The first-order valence-corrected chi connectivity index (χ1v) is 8.22. The van der Waals surface area contributed by atoms with Gasteiger partial charge in [-0.05, 0) is 30.9 Å². The Hall–Kier alpha value is -1.88. The van der Waals surface area contributed by atoms with Crippen molar-refractivity contribution in [2.45, 2.75) is 19.3 Å². The van der Waals surface area contributed by atoms with Crippen LogP contribution in [0.15, 0.2) is 23.2 Å². The molecule has 0 saturated carbocycles. The van der Waals surface area contributed by atoms with E-state index in [0.717, 1.165) is 46.6 Å². The van der Waals surface area contributed by atoms with Crippen molar-refractivity contribution in [3.63, 3.8) is 0 Å². The largest absolute Gasteiger partial charge is 0.492 e. The van der Waals surface area contributed by atoms with Crippen LogP contribution in [0, 0.1) is 0 Å². The first-order valence-electron chi connectivity index (χ1n) is 7.40. The molecule has 2 aromatic rings. The number of benzene rings is 1. The number of fused-ring (bicyclic) bond motifs is 1. The van der Waals surface area contributed by atoms with Gasteiger partial charge in [0.2, 0.25) is 5.88 Å². The van der Waals surface area contributed by atoms with Gasteiger partial charge in [0.05, 0.1) is 10.2 Å². The number of hydrogen-bond acceptors (Lipinski definition) is 5. The molecule has 0 radical (unpaired) electrons. The van der Waals surface area contributed by atoms with E-state index in [-0.39, 0.29) is 5.88 Å². The van der Waals surface area contributed by atoms with Crippen LogP contribution in [0.4, 0.5) is 5.13 Å². The normalized spacial score (nSPS) is 18.1. The van der Waals surface area contributed by atoms with Crippen molar-refractivity contribution >= 4 is 22.5 Å². The number of aromatic hydroxyl groups is 1. The van der Waals surface area contributed by atoms with Gasteiger partial charge in [0.25, 0.3) is 0 Å². The Kier molecular flexibility index (Phi) is 3.15. The lowest BCUT2D eigenvalue weighted by Crippen LogP contribution is -2.25. The molecule has 1 fully saturated rings. The molecule has 1 aromatic heterocycles. The predicted molar refractivity (Wildman–Crippen MR) is 84.6 cm³/mol. The number of hydrogen-bond donors (Lipinski definition) is 1. The van der Waals surface area contributed by atoms with E-state index >= 15 is 0 Å². The molecule has 0 spiro atoms. The summed E-state index contributed by atoms with van der Waals surface area (Å²) in [5, 5.41) is 13.2. The summed E-state index contributed by atoms with van der Waals surface area (Å²) >= 11 is 1.56. The molecular weight excluding hydrogens is 282 g/mol. The first-order chi connectivity index (χ1) is 10.3. The van der Waals surface area contributed by atoms with Crippen molar-refractivity contribution in [1.82, 2.24) is 4.98 Å². The molecule has 0 aliphatic carbocycles. The summed E-state index contributed by atoms with van der Waals surface area (Å²) in [4.78, 5) is 12.0. The summed E-state index contributed by atoms with van der Waals surface area (Å²) in [5.74, 6) is 0.137. The maximum Gasteiger partial charge on any atom is 0.231 e. The molecule has 2 aliphatic heterocycles. The molecule has 108 valence electrons. The lowest BCUT2D eigenvalue weighted by molar-refractivity contribution is 0.456. The third-order valence-electron chi connectivity index (χ3n) is 4.09. The minimum Gasteiger partial charge on any atom is -0.492 e. The summed E-state index contributed by atoms with van der Waals surface area (Å²) in [5.41, 5.74) is 1.30. The second kappa shape index (κ2) is 5.15. The average Bonchev–Trinajstić information content (AvgIpc) is 3.20. The number of anilines is 1. The molecule has 1 aromatic carbocycles. The summed E-state index contributed by atoms with van der Waals surface area (Å²) in [6.45, 7) is 2.96. The molecule has 0 unspecified atom stereocenters. The lowest BCUT2D eigenvalue weighted by atomic mass is 10.1. The highest BCUT2D eigenvalue weighted by Crippen LogP contribution is 2.32. The quantitative estimate of drug-likeness (QED) is 0.913. The van der Waals surface area contributed by atoms with Crippen LogP contribution >= 0.6 is 11.3 Å². The molecular formula is C16H17N3OS. The summed E-state index contributed by atoms with van der Waals surface area (Å²) < 4.78 is 0. The molecule has 1 N–H and O–H groups in total. The van der Waals surface area contributed by atoms with Crippen molar-refractivity contribution in [2.24, 2.45) is 4.99 Å². The fourth-order valence-corrected chi connectivity index (χ4v) is 3.97. The molecule has 2 aliphatic rings. The smallest absolute Gasteiger partial charge is 0.231 e. The lowest BCUT2D eigenvalue weighted by Gasteiger charge is -2.11. The maximum absolute atomic E-state index is 10.1. The highest BCUT2D eigenvalue weighted by Gasteiger charge is 2.18. The maximum atomic E-state index is 10.1. The summed E-state index contributed by atoms with van der Waals surface area (Å²) in [7, 11) is 0. The van der Waals surface area contributed by atoms with Crippen LogP contribution < -0.4 is 15.5 Å². The Morgan fingerprint density at radius 3 is 2.95 bits per heavy atom. The van der Waals surface area contributed by atoms with E-state index < -0.39 is 0 Å². The zero-order valence-electron chi connectivity index (χ0n) is 11.7. The Labute approximate surface area is 127 Å². The fourth-order valence-electron chi connectivity index (χ4n) is 3.00. The van der Waals surface area contributed by atoms with Gasteiger partial charge in [-0.1, -0.05) is 29.5 Å². The molecule has 21 heavy (non-hydrogen) atoms. The van der Waals surface area contributed by atoms with Gasteiger partial charge in [-0.25, -0.2) is 0 Å². The predicted octanol–water partition coefficient (Wildman–Crippen LogP) is 1.45.